The lowest BCUT2D eigenvalue weighted by Crippen LogP contribution is -2.25. The van der Waals surface area contributed by atoms with Crippen molar-refractivity contribution in [3.63, 3.8) is 0 Å². The van der Waals surface area contributed by atoms with Crippen LogP contribution in [0.15, 0.2) is 52.4 Å². The van der Waals surface area contributed by atoms with Crippen LogP contribution in [0, 0.1) is 13.8 Å². The SMILES string of the molecule is Cc1ccc(-n2c(SCC3CCCCO3)nc3ccccc3c2=O)c(C)c1. The fraction of sp³-hybridized carbons (Fsp3) is 0.364. The van der Waals surface area contributed by atoms with E-state index in [9.17, 15) is 4.79 Å². The van der Waals surface area contributed by atoms with Crippen molar-refractivity contribution in [3.05, 3.63) is 63.9 Å². The van der Waals surface area contributed by atoms with Crippen LogP contribution in [0.4, 0.5) is 0 Å². The minimum absolute atomic E-state index is 0.0142. The fourth-order valence-electron chi connectivity index (χ4n) is 3.58. The Hall–Kier alpha value is -2.11. The van der Waals surface area contributed by atoms with Gasteiger partial charge in [-0.1, -0.05) is 41.6 Å². The summed E-state index contributed by atoms with van der Waals surface area (Å²) in [4.78, 5) is 18.1. The summed E-state index contributed by atoms with van der Waals surface area (Å²) in [5.74, 6) is 0.815. The van der Waals surface area contributed by atoms with Crippen LogP contribution in [0.5, 0.6) is 0 Å². The second kappa shape index (κ2) is 7.87. The van der Waals surface area contributed by atoms with E-state index in [1.165, 1.54) is 12.0 Å². The summed E-state index contributed by atoms with van der Waals surface area (Å²) in [5.41, 5.74) is 3.89. The van der Waals surface area contributed by atoms with Gasteiger partial charge in [0.1, 0.15) is 0 Å². The highest BCUT2D eigenvalue weighted by molar-refractivity contribution is 7.99. The van der Waals surface area contributed by atoms with Gasteiger partial charge in [0, 0.05) is 12.4 Å². The van der Waals surface area contributed by atoms with Crippen LogP contribution < -0.4 is 5.56 Å². The number of nitrogens with zero attached hydrogens (tertiary/aromatic N) is 2. The standard InChI is InChI=1S/C22H24N2O2S/c1-15-10-11-20(16(2)13-15)24-21(25)18-8-3-4-9-19(18)23-22(24)27-14-17-7-5-6-12-26-17/h3-4,8-11,13,17H,5-7,12,14H2,1-2H3. The average molecular weight is 381 g/mol. The molecule has 1 unspecified atom stereocenters. The van der Waals surface area contributed by atoms with Crippen LogP contribution in [0.1, 0.15) is 30.4 Å². The second-order valence-electron chi connectivity index (χ2n) is 7.14. The zero-order chi connectivity index (χ0) is 18.8. The van der Waals surface area contributed by atoms with Crippen molar-refractivity contribution in [3.8, 4) is 5.69 Å². The molecule has 1 atom stereocenters. The summed E-state index contributed by atoms with van der Waals surface area (Å²) in [5, 5.41) is 1.38. The van der Waals surface area contributed by atoms with Gasteiger partial charge in [0.25, 0.3) is 5.56 Å². The predicted molar refractivity (Wildman–Crippen MR) is 111 cm³/mol. The third-order valence-corrected chi connectivity index (χ3v) is 6.08. The number of aromatic nitrogens is 2. The van der Waals surface area contributed by atoms with E-state index in [-0.39, 0.29) is 11.7 Å². The quantitative estimate of drug-likeness (QED) is 0.488. The largest absolute Gasteiger partial charge is 0.377 e. The van der Waals surface area contributed by atoms with Gasteiger partial charge >= 0.3 is 0 Å². The normalized spacial score (nSPS) is 17.3. The number of fused-ring (bicyclic) bond motifs is 1. The van der Waals surface area contributed by atoms with E-state index in [1.54, 1.807) is 16.3 Å². The Morgan fingerprint density at radius 2 is 2.04 bits per heavy atom. The van der Waals surface area contributed by atoms with Crippen molar-refractivity contribution >= 4 is 22.7 Å². The molecule has 0 amide bonds. The Morgan fingerprint density at radius 3 is 2.81 bits per heavy atom. The van der Waals surface area contributed by atoms with Crippen LogP contribution in [0.3, 0.4) is 0 Å². The Kier molecular flexibility index (Phi) is 5.32. The molecule has 1 aliphatic heterocycles. The Labute approximate surface area is 163 Å². The second-order valence-corrected chi connectivity index (χ2v) is 8.13. The molecule has 0 bridgehead atoms. The maximum absolute atomic E-state index is 13.3. The molecule has 1 aromatic heterocycles. The lowest BCUT2D eigenvalue weighted by molar-refractivity contribution is 0.0315. The molecule has 0 aliphatic carbocycles. The van der Waals surface area contributed by atoms with Gasteiger partial charge in [0.05, 0.1) is 22.7 Å². The first-order chi connectivity index (χ1) is 13.1. The van der Waals surface area contributed by atoms with Gasteiger partial charge in [-0.25, -0.2) is 4.98 Å². The van der Waals surface area contributed by atoms with E-state index in [0.29, 0.717) is 5.39 Å². The molecule has 27 heavy (non-hydrogen) atoms. The van der Waals surface area contributed by atoms with Crippen LogP contribution in [0.2, 0.25) is 0 Å². The summed E-state index contributed by atoms with van der Waals surface area (Å²) in [6.07, 6.45) is 3.66. The van der Waals surface area contributed by atoms with Gasteiger partial charge in [0.2, 0.25) is 0 Å². The molecule has 0 N–H and O–H groups in total. The van der Waals surface area contributed by atoms with Crippen LogP contribution in [-0.2, 0) is 4.74 Å². The van der Waals surface area contributed by atoms with Gasteiger partial charge in [0.15, 0.2) is 5.16 Å². The van der Waals surface area contributed by atoms with Crippen molar-refractivity contribution < 1.29 is 4.74 Å². The van der Waals surface area contributed by atoms with E-state index in [2.05, 4.69) is 13.0 Å². The Bertz CT molecular complexity index is 1020. The third-order valence-electron chi connectivity index (χ3n) is 5.01. The average Bonchev–Trinajstić information content (AvgIpc) is 2.68. The molecule has 4 rings (SSSR count). The first-order valence-electron chi connectivity index (χ1n) is 9.47. The summed E-state index contributed by atoms with van der Waals surface area (Å²) in [6.45, 7) is 4.94. The van der Waals surface area contributed by atoms with E-state index in [0.717, 1.165) is 47.1 Å². The van der Waals surface area contributed by atoms with Crippen molar-refractivity contribution in [1.82, 2.24) is 9.55 Å². The van der Waals surface area contributed by atoms with E-state index < -0.39 is 0 Å². The van der Waals surface area contributed by atoms with Gasteiger partial charge in [-0.2, -0.15) is 0 Å². The van der Waals surface area contributed by atoms with Crippen LogP contribution in [0.25, 0.3) is 16.6 Å². The summed E-state index contributed by atoms with van der Waals surface area (Å²) in [6, 6.07) is 13.7. The molecular formula is C22H24N2O2S. The molecule has 1 fully saturated rings. The molecule has 1 aliphatic rings. The molecule has 5 heteroatoms. The van der Waals surface area contributed by atoms with Crippen molar-refractivity contribution in [1.29, 1.82) is 0 Å². The molecule has 1 saturated heterocycles. The molecule has 2 aromatic carbocycles. The predicted octanol–water partition coefficient (Wildman–Crippen LogP) is 4.66. The molecule has 2 heterocycles. The van der Waals surface area contributed by atoms with E-state index in [4.69, 9.17) is 9.72 Å². The maximum Gasteiger partial charge on any atom is 0.266 e. The van der Waals surface area contributed by atoms with Gasteiger partial charge in [-0.05, 0) is 56.9 Å². The fourth-order valence-corrected chi connectivity index (χ4v) is 4.66. The molecule has 0 spiro atoms. The molecule has 4 nitrogen and oxygen atoms in total. The number of thioether (sulfide) groups is 1. The summed E-state index contributed by atoms with van der Waals surface area (Å²) < 4.78 is 7.63. The topological polar surface area (TPSA) is 44.1 Å². The van der Waals surface area contributed by atoms with Crippen molar-refractivity contribution in [2.75, 3.05) is 12.4 Å². The minimum atomic E-state index is -0.0142. The Morgan fingerprint density at radius 1 is 1.19 bits per heavy atom. The maximum atomic E-state index is 13.3. The van der Waals surface area contributed by atoms with E-state index in [1.807, 2.05) is 43.3 Å². The number of para-hydroxylation sites is 1. The molecule has 140 valence electrons. The van der Waals surface area contributed by atoms with Crippen LogP contribution in [-0.4, -0.2) is 28.0 Å². The summed E-state index contributed by atoms with van der Waals surface area (Å²) in [7, 11) is 0. The van der Waals surface area contributed by atoms with Gasteiger partial charge in [-0.3, -0.25) is 9.36 Å². The zero-order valence-corrected chi connectivity index (χ0v) is 16.6. The molecule has 0 radical (unpaired) electrons. The van der Waals surface area contributed by atoms with Crippen molar-refractivity contribution in [2.24, 2.45) is 0 Å². The monoisotopic (exact) mass is 380 g/mol. The van der Waals surface area contributed by atoms with Crippen LogP contribution >= 0.6 is 11.8 Å². The number of aryl methyl sites for hydroxylation is 2. The summed E-state index contributed by atoms with van der Waals surface area (Å²) >= 11 is 1.62. The lowest BCUT2D eigenvalue weighted by Gasteiger charge is -2.22. The highest BCUT2D eigenvalue weighted by atomic mass is 32.2. The zero-order valence-electron chi connectivity index (χ0n) is 15.8. The molecule has 0 saturated carbocycles. The minimum Gasteiger partial charge on any atom is -0.377 e. The Balaban J connectivity index is 1.81. The first kappa shape index (κ1) is 18.3. The number of rotatable bonds is 4. The molecule has 3 aromatic rings. The first-order valence-corrected chi connectivity index (χ1v) is 10.5. The van der Waals surface area contributed by atoms with Gasteiger partial charge in [-0.15, -0.1) is 0 Å². The number of hydrogen-bond acceptors (Lipinski definition) is 4. The van der Waals surface area contributed by atoms with Crippen molar-refractivity contribution in [2.45, 2.75) is 44.4 Å². The number of benzene rings is 2. The molecular weight excluding hydrogens is 356 g/mol. The van der Waals surface area contributed by atoms with Gasteiger partial charge < -0.3 is 4.74 Å². The number of ether oxygens (including phenoxy) is 1. The van der Waals surface area contributed by atoms with E-state index >= 15 is 0 Å². The smallest absolute Gasteiger partial charge is 0.266 e. The number of hydrogen-bond donors (Lipinski definition) is 0. The third kappa shape index (κ3) is 3.80. The lowest BCUT2D eigenvalue weighted by atomic mass is 10.1. The highest BCUT2D eigenvalue weighted by Crippen LogP contribution is 2.26. The highest BCUT2D eigenvalue weighted by Gasteiger charge is 2.18.